The van der Waals surface area contributed by atoms with E-state index in [0.717, 1.165) is 5.56 Å². The third kappa shape index (κ3) is 6.70. The largest absolute Gasteiger partial charge is 0.444 e. The number of likely N-dealkylation sites (N-methyl/N-ethyl adjacent to an activating group) is 1. The summed E-state index contributed by atoms with van der Waals surface area (Å²) in [6, 6.07) is 16.9. The molecule has 0 aliphatic carbocycles. The van der Waals surface area contributed by atoms with Gasteiger partial charge in [-0.25, -0.2) is 4.79 Å². The molecule has 1 atom stereocenters. The van der Waals surface area contributed by atoms with Crippen LogP contribution in [0.3, 0.4) is 0 Å². The molecule has 6 nitrogen and oxygen atoms in total. The molecule has 0 unspecified atom stereocenters. The Morgan fingerprint density at radius 1 is 1.04 bits per heavy atom. The highest BCUT2D eigenvalue weighted by Crippen LogP contribution is 2.18. The highest BCUT2D eigenvalue weighted by Gasteiger charge is 2.18. The smallest absolute Gasteiger partial charge is 0.412 e. The summed E-state index contributed by atoms with van der Waals surface area (Å²) in [5.41, 5.74) is 1.53. The zero-order chi connectivity index (χ0) is 20.7. The third-order valence-electron chi connectivity index (χ3n) is 4.03. The van der Waals surface area contributed by atoms with Crippen LogP contribution >= 0.6 is 0 Å². The Hall–Kier alpha value is -2.86. The molecule has 2 aromatic carbocycles. The number of ether oxygens (including phenoxy) is 1. The topological polar surface area (TPSA) is 70.7 Å². The number of rotatable bonds is 6. The standard InChI is InChI=1S/C22H29N3O3/c1-22(2,3)28-21(27)24-18-13-9-12-17(14-18)20(26)23-15-19(25(4)5)16-10-7-6-8-11-16/h6-14,19H,15H2,1-5H3,(H,23,26)(H,24,27)/t19-/m0/s1. The molecule has 0 aromatic heterocycles. The molecule has 150 valence electrons. The summed E-state index contributed by atoms with van der Waals surface area (Å²) in [6.07, 6.45) is -0.554. The molecule has 2 N–H and O–H groups in total. The van der Waals surface area contributed by atoms with Crippen LogP contribution in [0.1, 0.15) is 42.7 Å². The number of anilines is 1. The normalized spacial score (nSPS) is 12.4. The maximum Gasteiger partial charge on any atom is 0.412 e. The van der Waals surface area contributed by atoms with E-state index in [1.807, 2.05) is 44.4 Å². The summed E-state index contributed by atoms with van der Waals surface area (Å²) in [6.45, 7) is 5.86. The predicted octanol–water partition coefficient (Wildman–Crippen LogP) is 4.07. The van der Waals surface area contributed by atoms with Gasteiger partial charge in [-0.1, -0.05) is 36.4 Å². The number of nitrogens with zero attached hydrogens (tertiary/aromatic N) is 1. The molecule has 0 spiro atoms. The fraction of sp³-hybridized carbons (Fsp3) is 0.364. The molecule has 0 radical (unpaired) electrons. The van der Waals surface area contributed by atoms with Crippen molar-refractivity contribution in [1.29, 1.82) is 0 Å². The molecule has 28 heavy (non-hydrogen) atoms. The van der Waals surface area contributed by atoms with E-state index >= 15 is 0 Å². The Morgan fingerprint density at radius 2 is 1.71 bits per heavy atom. The molecule has 0 fully saturated rings. The van der Waals surface area contributed by atoms with E-state index in [1.54, 1.807) is 45.0 Å². The highest BCUT2D eigenvalue weighted by atomic mass is 16.6. The Labute approximate surface area is 166 Å². The molecule has 2 amide bonds. The fourth-order valence-corrected chi connectivity index (χ4v) is 2.72. The zero-order valence-corrected chi connectivity index (χ0v) is 17.2. The van der Waals surface area contributed by atoms with Gasteiger partial charge in [-0.2, -0.15) is 0 Å². The molecule has 0 saturated carbocycles. The van der Waals surface area contributed by atoms with Crippen molar-refractivity contribution in [2.45, 2.75) is 32.4 Å². The van der Waals surface area contributed by atoms with E-state index in [2.05, 4.69) is 15.5 Å². The molecule has 0 heterocycles. The van der Waals surface area contributed by atoms with Gasteiger partial charge in [0.1, 0.15) is 5.60 Å². The minimum atomic E-state index is -0.586. The Balaban J connectivity index is 2.01. The van der Waals surface area contributed by atoms with Crippen LogP contribution in [0.5, 0.6) is 0 Å². The van der Waals surface area contributed by atoms with Gasteiger partial charge in [0, 0.05) is 17.8 Å². The Bertz CT molecular complexity index is 798. The number of amides is 2. The fourth-order valence-electron chi connectivity index (χ4n) is 2.72. The van der Waals surface area contributed by atoms with Crippen LogP contribution in [0.25, 0.3) is 0 Å². The SMILES string of the molecule is CN(C)[C@@H](CNC(=O)c1cccc(NC(=O)OC(C)(C)C)c1)c1ccccc1. The van der Waals surface area contributed by atoms with Crippen molar-refractivity contribution in [3.8, 4) is 0 Å². The first kappa shape index (κ1) is 21.4. The number of benzene rings is 2. The van der Waals surface area contributed by atoms with Crippen molar-refractivity contribution >= 4 is 17.7 Å². The van der Waals surface area contributed by atoms with E-state index in [-0.39, 0.29) is 11.9 Å². The molecule has 0 bridgehead atoms. The Kier molecular flexibility index (Phi) is 7.18. The van der Waals surface area contributed by atoms with Crippen molar-refractivity contribution < 1.29 is 14.3 Å². The second kappa shape index (κ2) is 9.37. The van der Waals surface area contributed by atoms with E-state index in [1.165, 1.54) is 0 Å². The molecular formula is C22H29N3O3. The summed E-state index contributed by atoms with van der Waals surface area (Å²) in [5.74, 6) is -0.199. The molecule has 0 aliphatic rings. The Morgan fingerprint density at radius 3 is 2.32 bits per heavy atom. The maximum atomic E-state index is 12.6. The van der Waals surface area contributed by atoms with Gasteiger partial charge in [0.15, 0.2) is 0 Å². The first-order chi connectivity index (χ1) is 13.2. The molecule has 0 aliphatic heterocycles. The number of nitrogens with one attached hydrogen (secondary N) is 2. The average molecular weight is 383 g/mol. The summed E-state index contributed by atoms with van der Waals surface area (Å²) < 4.78 is 5.24. The van der Waals surface area contributed by atoms with Crippen molar-refractivity contribution in [3.63, 3.8) is 0 Å². The number of hydrogen-bond donors (Lipinski definition) is 2. The molecule has 2 rings (SSSR count). The lowest BCUT2D eigenvalue weighted by atomic mass is 10.1. The second-order valence-electron chi connectivity index (χ2n) is 7.81. The van der Waals surface area contributed by atoms with Crippen LogP contribution in [0.4, 0.5) is 10.5 Å². The summed E-state index contributed by atoms with van der Waals surface area (Å²) in [7, 11) is 3.96. The van der Waals surface area contributed by atoms with Crippen LogP contribution in [0.15, 0.2) is 54.6 Å². The van der Waals surface area contributed by atoms with Crippen molar-refractivity contribution in [2.24, 2.45) is 0 Å². The van der Waals surface area contributed by atoms with E-state index in [0.29, 0.717) is 17.8 Å². The van der Waals surface area contributed by atoms with E-state index in [9.17, 15) is 9.59 Å². The summed E-state index contributed by atoms with van der Waals surface area (Å²) in [5, 5.41) is 5.63. The number of hydrogen-bond acceptors (Lipinski definition) is 4. The van der Waals surface area contributed by atoms with Crippen LogP contribution in [0.2, 0.25) is 0 Å². The van der Waals surface area contributed by atoms with E-state index < -0.39 is 11.7 Å². The van der Waals surface area contributed by atoms with Crippen LogP contribution in [-0.2, 0) is 4.74 Å². The first-order valence-corrected chi connectivity index (χ1v) is 9.25. The average Bonchev–Trinajstić information content (AvgIpc) is 2.61. The lowest BCUT2D eigenvalue weighted by Gasteiger charge is -2.25. The van der Waals surface area contributed by atoms with Crippen LogP contribution in [0, 0.1) is 0 Å². The summed E-state index contributed by atoms with van der Waals surface area (Å²) in [4.78, 5) is 26.6. The second-order valence-corrected chi connectivity index (χ2v) is 7.81. The molecule has 0 saturated heterocycles. The van der Waals surface area contributed by atoms with E-state index in [4.69, 9.17) is 4.74 Å². The van der Waals surface area contributed by atoms with Gasteiger partial charge in [-0.05, 0) is 58.6 Å². The third-order valence-corrected chi connectivity index (χ3v) is 4.03. The minimum Gasteiger partial charge on any atom is -0.444 e. The first-order valence-electron chi connectivity index (χ1n) is 9.25. The lowest BCUT2D eigenvalue weighted by molar-refractivity contribution is 0.0635. The monoisotopic (exact) mass is 383 g/mol. The van der Waals surface area contributed by atoms with Gasteiger partial charge in [0.2, 0.25) is 0 Å². The van der Waals surface area contributed by atoms with Crippen molar-refractivity contribution in [2.75, 3.05) is 26.0 Å². The molecule has 6 heteroatoms. The molecule has 2 aromatic rings. The zero-order valence-electron chi connectivity index (χ0n) is 17.2. The van der Waals surface area contributed by atoms with Crippen molar-refractivity contribution in [3.05, 3.63) is 65.7 Å². The van der Waals surface area contributed by atoms with Gasteiger partial charge in [0.25, 0.3) is 5.91 Å². The summed E-state index contributed by atoms with van der Waals surface area (Å²) >= 11 is 0. The quantitative estimate of drug-likeness (QED) is 0.789. The van der Waals surface area contributed by atoms with Gasteiger partial charge < -0.3 is 15.0 Å². The van der Waals surface area contributed by atoms with Gasteiger partial charge in [-0.3, -0.25) is 10.1 Å². The van der Waals surface area contributed by atoms with Gasteiger partial charge in [0.05, 0.1) is 6.04 Å². The number of carbonyl (C=O) groups excluding carboxylic acids is 2. The highest BCUT2D eigenvalue weighted by molar-refractivity contribution is 5.96. The van der Waals surface area contributed by atoms with Gasteiger partial charge in [-0.15, -0.1) is 0 Å². The minimum absolute atomic E-state index is 0.0632. The number of carbonyl (C=O) groups is 2. The predicted molar refractivity (Wildman–Crippen MR) is 112 cm³/mol. The van der Waals surface area contributed by atoms with Crippen molar-refractivity contribution in [1.82, 2.24) is 10.2 Å². The lowest BCUT2D eigenvalue weighted by Crippen LogP contribution is -2.34. The molecular weight excluding hydrogens is 354 g/mol. The van der Waals surface area contributed by atoms with Crippen LogP contribution < -0.4 is 10.6 Å². The van der Waals surface area contributed by atoms with Gasteiger partial charge >= 0.3 is 6.09 Å². The maximum absolute atomic E-state index is 12.6. The van der Waals surface area contributed by atoms with Crippen LogP contribution in [-0.4, -0.2) is 43.1 Å².